The molecule has 130 valence electrons. The van der Waals surface area contributed by atoms with Gasteiger partial charge in [-0.05, 0) is 29.4 Å². The van der Waals surface area contributed by atoms with E-state index in [1.165, 1.54) is 15.9 Å². The maximum atomic E-state index is 11.4. The molecule has 0 aromatic heterocycles. The second kappa shape index (κ2) is 8.60. The number of aldehydes is 1. The van der Waals surface area contributed by atoms with E-state index in [1.54, 1.807) is 0 Å². The molecule has 3 aromatic carbocycles. The zero-order chi connectivity index (χ0) is 18.4. The Bertz CT molecular complexity index is 832. The molecule has 0 heterocycles. The highest BCUT2D eigenvalue weighted by molar-refractivity contribution is 7.79. The van der Waals surface area contributed by atoms with Crippen molar-refractivity contribution in [2.24, 2.45) is 0 Å². The summed E-state index contributed by atoms with van der Waals surface area (Å²) in [6.45, 7) is 0. The number of rotatable bonds is 6. The summed E-state index contributed by atoms with van der Waals surface area (Å²) in [6, 6.07) is 29.6. The molecule has 3 aromatic rings. The van der Waals surface area contributed by atoms with Crippen molar-refractivity contribution in [3.05, 3.63) is 96.7 Å². The molecule has 0 unspecified atom stereocenters. The first-order chi connectivity index (χ1) is 12.7. The normalized spacial score (nSPS) is 11.4. The lowest BCUT2D eigenvalue weighted by Crippen LogP contribution is -2.20. The maximum absolute atomic E-state index is 11.4. The summed E-state index contributed by atoms with van der Waals surface area (Å²) in [5.74, 6) is 0. The number of benzene rings is 3. The molecular formula is C23H22NOP. The Morgan fingerprint density at radius 2 is 1.19 bits per heavy atom. The van der Waals surface area contributed by atoms with Gasteiger partial charge in [-0.15, -0.1) is 0 Å². The van der Waals surface area contributed by atoms with Crippen molar-refractivity contribution in [1.29, 1.82) is 0 Å². The van der Waals surface area contributed by atoms with Crippen LogP contribution in [0.5, 0.6) is 0 Å². The molecule has 0 radical (unpaired) electrons. The zero-order valence-electron chi connectivity index (χ0n) is 15.0. The van der Waals surface area contributed by atoms with Crippen LogP contribution in [0.15, 0.2) is 91.1 Å². The predicted molar refractivity (Wildman–Crippen MR) is 113 cm³/mol. The van der Waals surface area contributed by atoms with Gasteiger partial charge < -0.3 is 4.90 Å². The van der Waals surface area contributed by atoms with E-state index in [9.17, 15) is 4.79 Å². The van der Waals surface area contributed by atoms with E-state index in [1.807, 2.05) is 49.5 Å². The number of nitrogens with zero attached hydrogens (tertiary/aromatic N) is 1. The zero-order valence-corrected chi connectivity index (χ0v) is 15.9. The van der Waals surface area contributed by atoms with E-state index in [-0.39, 0.29) is 0 Å². The Balaban J connectivity index is 2.02. The van der Waals surface area contributed by atoms with Crippen LogP contribution in [0.2, 0.25) is 0 Å². The average molecular weight is 359 g/mol. The van der Waals surface area contributed by atoms with Gasteiger partial charge in [-0.3, -0.25) is 4.79 Å². The van der Waals surface area contributed by atoms with Crippen LogP contribution >= 0.6 is 7.92 Å². The molecule has 2 nitrogen and oxygen atoms in total. The summed E-state index contributed by atoms with van der Waals surface area (Å²) in [6.07, 6.45) is 2.76. The molecule has 0 atom stereocenters. The lowest BCUT2D eigenvalue weighted by molar-refractivity contribution is -0.103. The van der Waals surface area contributed by atoms with Crippen LogP contribution in [0.1, 0.15) is 5.56 Å². The highest BCUT2D eigenvalue weighted by atomic mass is 31.1. The molecule has 0 aliphatic carbocycles. The van der Waals surface area contributed by atoms with Gasteiger partial charge in [0.05, 0.1) is 0 Å². The lowest BCUT2D eigenvalue weighted by Gasteiger charge is -2.19. The molecule has 0 aliphatic rings. The van der Waals surface area contributed by atoms with Crippen LogP contribution in [0.4, 0.5) is 0 Å². The van der Waals surface area contributed by atoms with Gasteiger partial charge in [-0.2, -0.15) is 0 Å². The fourth-order valence-electron chi connectivity index (χ4n) is 2.86. The standard InChI is InChI=1S/C23H22NOP/c1-24(2)17-20(18-25)19-13-15-23(16-14-19)26(21-9-5-3-6-10-21)22-11-7-4-8-12-22/h3-18H,1-2H3. The number of hydrogen-bond donors (Lipinski definition) is 0. The Morgan fingerprint density at radius 1 is 0.731 bits per heavy atom. The highest BCUT2D eigenvalue weighted by Gasteiger charge is 2.16. The van der Waals surface area contributed by atoms with Gasteiger partial charge in [0.1, 0.15) is 0 Å². The molecule has 0 bridgehead atoms. The fraction of sp³-hybridized carbons (Fsp3) is 0.0870. The SMILES string of the molecule is CN(C)C=C(C=O)c1ccc(P(c2ccccc2)c2ccccc2)cc1. The highest BCUT2D eigenvalue weighted by Crippen LogP contribution is 2.32. The Labute approximate surface area is 156 Å². The number of carbonyl (C=O) groups is 1. The molecule has 0 N–H and O–H groups in total. The molecule has 0 spiro atoms. The largest absolute Gasteiger partial charge is 0.383 e. The minimum Gasteiger partial charge on any atom is -0.383 e. The topological polar surface area (TPSA) is 20.3 Å². The summed E-state index contributed by atoms with van der Waals surface area (Å²) in [5.41, 5.74) is 1.62. The van der Waals surface area contributed by atoms with Gasteiger partial charge in [0.15, 0.2) is 6.29 Å². The van der Waals surface area contributed by atoms with Crippen LogP contribution < -0.4 is 15.9 Å². The number of allylic oxidation sites excluding steroid dienone is 1. The summed E-state index contributed by atoms with van der Waals surface area (Å²) in [5, 5.41) is 3.91. The van der Waals surface area contributed by atoms with E-state index in [0.717, 1.165) is 11.8 Å². The van der Waals surface area contributed by atoms with Crippen molar-refractivity contribution in [2.45, 2.75) is 0 Å². The second-order valence-electron chi connectivity index (χ2n) is 6.22. The van der Waals surface area contributed by atoms with Crippen molar-refractivity contribution < 1.29 is 4.79 Å². The molecule has 26 heavy (non-hydrogen) atoms. The minimum absolute atomic E-state index is 0.617. The summed E-state index contributed by atoms with van der Waals surface area (Å²) >= 11 is 0. The first kappa shape index (κ1) is 18.1. The first-order valence-corrected chi connectivity index (χ1v) is 9.87. The maximum Gasteiger partial charge on any atom is 0.152 e. The fourth-order valence-corrected chi connectivity index (χ4v) is 5.14. The van der Waals surface area contributed by atoms with E-state index < -0.39 is 7.92 Å². The Hall–Kier alpha value is -2.70. The van der Waals surface area contributed by atoms with Gasteiger partial charge in [-0.1, -0.05) is 84.9 Å². The average Bonchev–Trinajstić information content (AvgIpc) is 2.68. The number of hydrogen-bond acceptors (Lipinski definition) is 2. The van der Waals surface area contributed by atoms with Gasteiger partial charge in [0.2, 0.25) is 0 Å². The van der Waals surface area contributed by atoms with E-state index in [0.29, 0.717) is 5.57 Å². The quantitative estimate of drug-likeness (QED) is 0.381. The van der Waals surface area contributed by atoms with Crippen LogP contribution in [-0.4, -0.2) is 25.3 Å². The van der Waals surface area contributed by atoms with Crippen molar-refractivity contribution in [3.63, 3.8) is 0 Å². The van der Waals surface area contributed by atoms with Crippen LogP contribution in [-0.2, 0) is 4.79 Å². The molecule has 0 aliphatic heterocycles. The molecular weight excluding hydrogens is 337 g/mol. The molecule has 3 heteroatoms. The van der Waals surface area contributed by atoms with Gasteiger partial charge in [-0.25, -0.2) is 0 Å². The van der Waals surface area contributed by atoms with Crippen LogP contribution in [0.3, 0.4) is 0 Å². The third-order valence-electron chi connectivity index (χ3n) is 4.01. The third kappa shape index (κ3) is 4.28. The van der Waals surface area contributed by atoms with Crippen molar-refractivity contribution in [1.82, 2.24) is 4.90 Å². The van der Waals surface area contributed by atoms with Gasteiger partial charge >= 0.3 is 0 Å². The summed E-state index contributed by atoms with van der Waals surface area (Å²) in [4.78, 5) is 13.3. The van der Waals surface area contributed by atoms with Crippen LogP contribution in [0, 0.1) is 0 Å². The summed E-state index contributed by atoms with van der Waals surface area (Å²) < 4.78 is 0. The molecule has 0 saturated carbocycles. The molecule has 0 fully saturated rings. The van der Waals surface area contributed by atoms with Crippen molar-refractivity contribution in [2.75, 3.05) is 14.1 Å². The monoisotopic (exact) mass is 359 g/mol. The van der Waals surface area contributed by atoms with Crippen molar-refractivity contribution in [3.8, 4) is 0 Å². The minimum atomic E-state index is -0.617. The Kier molecular flexibility index (Phi) is 5.99. The van der Waals surface area contributed by atoms with E-state index >= 15 is 0 Å². The third-order valence-corrected chi connectivity index (χ3v) is 6.46. The first-order valence-electron chi connectivity index (χ1n) is 8.53. The second-order valence-corrected chi connectivity index (χ2v) is 8.44. The van der Waals surface area contributed by atoms with E-state index in [4.69, 9.17) is 0 Å². The lowest BCUT2D eigenvalue weighted by atomic mass is 10.1. The van der Waals surface area contributed by atoms with Gasteiger partial charge in [0, 0.05) is 25.9 Å². The smallest absolute Gasteiger partial charge is 0.152 e. The predicted octanol–water partition coefficient (Wildman–Crippen LogP) is 3.55. The van der Waals surface area contributed by atoms with E-state index in [2.05, 4.69) is 60.7 Å². The van der Waals surface area contributed by atoms with Crippen molar-refractivity contribution >= 4 is 35.7 Å². The molecule has 0 amide bonds. The molecule has 3 rings (SSSR count). The van der Waals surface area contributed by atoms with Gasteiger partial charge in [0.25, 0.3) is 0 Å². The Morgan fingerprint density at radius 3 is 1.62 bits per heavy atom. The van der Waals surface area contributed by atoms with Crippen LogP contribution in [0.25, 0.3) is 5.57 Å². The molecule has 0 saturated heterocycles. The number of carbonyl (C=O) groups excluding carboxylic acids is 1. The summed E-state index contributed by atoms with van der Waals surface area (Å²) in [7, 11) is 3.22.